The molecule has 2 aromatic carbocycles. The molecule has 1 heterocycles. The molecule has 29 heavy (non-hydrogen) atoms. The molecule has 0 aliphatic carbocycles. The highest BCUT2D eigenvalue weighted by Gasteiger charge is 2.29. The lowest BCUT2D eigenvalue weighted by molar-refractivity contribution is -0.127. The third-order valence-corrected chi connectivity index (χ3v) is 6.80. The molecule has 1 aliphatic rings. The second-order valence-corrected chi connectivity index (χ2v) is 8.77. The highest BCUT2D eigenvalue weighted by molar-refractivity contribution is 7.89. The van der Waals surface area contributed by atoms with Gasteiger partial charge < -0.3 is 9.64 Å². The lowest BCUT2D eigenvalue weighted by atomic mass is 10.1. The Morgan fingerprint density at radius 2 is 1.62 bits per heavy atom. The summed E-state index contributed by atoms with van der Waals surface area (Å²) in [5.74, 6) is 0.548. The molecule has 6 nitrogen and oxygen atoms in total. The van der Waals surface area contributed by atoms with Crippen LogP contribution in [-0.2, 0) is 14.8 Å². The molecule has 0 unspecified atom stereocenters. The average molecular weight is 415 g/mol. The van der Waals surface area contributed by atoms with E-state index in [9.17, 15) is 13.2 Å². The number of nitrogens with zero attached hydrogens (tertiary/aromatic N) is 2. The van der Waals surface area contributed by atoms with E-state index in [1.807, 2.05) is 44.2 Å². The van der Waals surface area contributed by atoms with Crippen LogP contribution < -0.4 is 4.74 Å². The van der Waals surface area contributed by atoms with Gasteiger partial charge in [0, 0.05) is 32.3 Å². The van der Waals surface area contributed by atoms with E-state index in [4.69, 9.17) is 4.74 Å². The summed E-state index contributed by atoms with van der Waals surface area (Å²) < 4.78 is 32.5. The van der Waals surface area contributed by atoms with Crippen LogP contribution in [-0.4, -0.2) is 56.3 Å². The highest BCUT2D eigenvalue weighted by atomic mass is 32.2. The predicted octanol–water partition coefficient (Wildman–Crippen LogP) is 3.02. The molecule has 7 heteroatoms. The Labute approximate surface area is 172 Å². The Morgan fingerprint density at radius 3 is 2.21 bits per heavy atom. The molecule has 0 radical (unpaired) electrons. The fraction of sp³-hybridized carbons (Fsp3) is 0.318. The summed E-state index contributed by atoms with van der Waals surface area (Å²) in [6, 6.07) is 16.2. The van der Waals surface area contributed by atoms with E-state index in [1.54, 1.807) is 35.2 Å². The largest absolute Gasteiger partial charge is 0.494 e. The molecule has 1 fully saturated rings. The van der Waals surface area contributed by atoms with Crippen molar-refractivity contribution in [3.8, 4) is 5.75 Å². The zero-order valence-corrected chi connectivity index (χ0v) is 17.6. The van der Waals surface area contributed by atoms with E-state index in [2.05, 4.69) is 0 Å². The summed E-state index contributed by atoms with van der Waals surface area (Å²) in [5.41, 5.74) is 1.89. The molecule has 0 aromatic heterocycles. The van der Waals surface area contributed by atoms with Crippen LogP contribution in [0, 0.1) is 0 Å². The van der Waals surface area contributed by atoms with Gasteiger partial charge in [-0.25, -0.2) is 8.42 Å². The summed E-state index contributed by atoms with van der Waals surface area (Å²) in [6.07, 6.45) is 1.62. The van der Waals surface area contributed by atoms with Crippen molar-refractivity contribution in [3.05, 3.63) is 66.2 Å². The van der Waals surface area contributed by atoms with E-state index in [0.717, 1.165) is 11.1 Å². The maximum atomic E-state index is 12.9. The zero-order chi connectivity index (χ0) is 20.9. The Balaban J connectivity index is 1.62. The number of rotatable bonds is 6. The quantitative estimate of drug-likeness (QED) is 0.682. The lowest BCUT2D eigenvalue weighted by Crippen LogP contribution is -2.50. The van der Waals surface area contributed by atoms with E-state index in [1.165, 1.54) is 4.31 Å². The van der Waals surface area contributed by atoms with E-state index >= 15 is 0 Å². The van der Waals surface area contributed by atoms with Crippen molar-refractivity contribution in [2.24, 2.45) is 0 Å². The maximum Gasteiger partial charge on any atom is 0.246 e. The first-order valence-electron chi connectivity index (χ1n) is 9.67. The predicted molar refractivity (Wildman–Crippen MR) is 113 cm³/mol. The van der Waals surface area contributed by atoms with Crippen LogP contribution >= 0.6 is 0 Å². The monoisotopic (exact) mass is 414 g/mol. The highest BCUT2D eigenvalue weighted by Crippen LogP contribution is 2.21. The minimum absolute atomic E-state index is 0.0931. The number of carbonyl (C=O) groups excluding carboxylic acids is 1. The second kappa shape index (κ2) is 9.24. The van der Waals surface area contributed by atoms with Gasteiger partial charge in [0.15, 0.2) is 0 Å². The first-order chi connectivity index (χ1) is 13.9. The van der Waals surface area contributed by atoms with Gasteiger partial charge in [-0.15, -0.1) is 0 Å². The minimum atomic E-state index is -3.58. The minimum Gasteiger partial charge on any atom is -0.494 e. The van der Waals surface area contributed by atoms with Gasteiger partial charge in [-0.3, -0.25) is 4.79 Å². The molecule has 2 aromatic rings. The molecule has 0 N–H and O–H groups in total. The Kier molecular flexibility index (Phi) is 6.71. The van der Waals surface area contributed by atoms with E-state index < -0.39 is 10.0 Å². The summed E-state index contributed by atoms with van der Waals surface area (Å²) in [4.78, 5) is 14.5. The van der Waals surface area contributed by atoms with Crippen molar-refractivity contribution in [1.29, 1.82) is 0 Å². The van der Waals surface area contributed by atoms with Gasteiger partial charge in [0.1, 0.15) is 5.75 Å². The number of piperazine rings is 1. The molecular weight excluding hydrogens is 388 g/mol. The molecule has 154 valence electrons. The summed E-state index contributed by atoms with van der Waals surface area (Å²) in [5, 5.41) is 0. The van der Waals surface area contributed by atoms with Crippen LogP contribution in [0.1, 0.15) is 19.4 Å². The number of benzene rings is 2. The van der Waals surface area contributed by atoms with Crippen LogP contribution in [0.3, 0.4) is 0 Å². The fourth-order valence-corrected chi connectivity index (χ4v) is 4.66. The van der Waals surface area contributed by atoms with Gasteiger partial charge in [-0.2, -0.15) is 4.31 Å². The molecule has 0 bridgehead atoms. The zero-order valence-electron chi connectivity index (χ0n) is 16.7. The fourth-order valence-electron chi connectivity index (χ4n) is 3.23. The number of carbonyl (C=O) groups is 1. The Bertz CT molecular complexity index is 962. The standard InChI is InChI=1S/C22H26N2O4S/c1-3-28-20-9-11-21(12-10-20)29(26,27)24-15-13-23(14-16-24)22(25)17-18(2)19-7-5-4-6-8-19/h4-12,17H,3,13-16H2,1-2H3/b18-17-. The summed E-state index contributed by atoms with van der Waals surface area (Å²) >= 11 is 0. The molecule has 1 amide bonds. The number of hydrogen-bond acceptors (Lipinski definition) is 4. The molecule has 0 atom stereocenters. The van der Waals surface area contributed by atoms with Crippen LogP contribution in [0.5, 0.6) is 5.75 Å². The van der Waals surface area contributed by atoms with Crippen molar-refractivity contribution >= 4 is 21.5 Å². The van der Waals surface area contributed by atoms with Crippen molar-refractivity contribution in [1.82, 2.24) is 9.21 Å². The number of allylic oxidation sites excluding steroid dienone is 1. The summed E-state index contributed by atoms with van der Waals surface area (Å²) in [7, 11) is -3.58. The van der Waals surface area contributed by atoms with Crippen LogP contribution in [0.4, 0.5) is 0 Å². The molecule has 1 aliphatic heterocycles. The van der Waals surface area contributed by atoms with Crippen LogP contribution in [0.2, 0.25) is 0 Å². The van der Waals surface area contributed by atoms with Gasteiger partial charge in [-0.1, -0.05) is 30.3 Å². The smallest absolute Gasteiger partial charge is 0.246 e. The molecular formula is C22H26N2O4S. The molecule has 3 rings (SSSR count). The third kappa shape index (κ3) is 5.05. The van der Waals surface area contributed by atoms with Crippen molar-refractivity contribution in [3.63, 3.8) is 0 Å². The molecule has 1 saturated heterocycles. The first-order valence-corrected chi connectivity index (χ1v) is 11.1. The van der Waals surface area contributed by atoms with Gasteiger partial charge in [-0.05, 0) is 49.2 Å². The Hall–Kier alpha value is -2.64. The SMILES string of the molecule is CCOc1ccc(S(=O)(=O)N2CCN(C(=O)/C=C(/C)c3ccccc3)CC2)cc1. The van der Waals surface area contributed by atoms with Crippen molar-refractivity contribution in [2.45, 2.75) is 18.7 Å². The van der Waals surface area contributed by atoms with Gasteiger partial charge in [0.05, 0.1) is 11.5 Å². The van der Waals surface area contributed by atoms with E-state index in [-0.39, 0.29) is 23.9 Å². The van der Waals surface area contributed by atoms with Crippen LogP contribution in [0.25, 0.3) is 5.57 Å². The topological polar surface area (TPSA) is 66.9 Å². The second-order valence-electron chi connectivity index (χ2n) is 6.83. The van der Waals surface area contributed by atoms with Crippen LogP contribution in [0.15, 0.2) is 65.6 Å². The van der Waals surface area contributed by atoms with Crippen molar-refractivity contribution in [2.75, 3.05) is 32.8 Å². The van der Waals surface area contributed by atoms with Crippen molar-refractivity contribution < 1.29 is 17.9 Å². The summed E-state index contributed by atoms with van der Waals surface area (Å²) in [6.45, 7) is 5.60. The number of hydrogen-bond donors (Lipinski definition) is 0. The van der Waals surface area contributed by atoms with Gasteiger partial charge in [0.25, 0.3) is 0 Å². The lowest BCUT2D eigenvalue weighted by Gasteiger charge is -2.33. The third-order valence-electron chi connectivity index (χ3n) is 4.89. The van der Waals surface area contributed by atoms with Gasteiger partial charge in [0.2, 0.25) is 15.9 Å². The van der Waals surface area contributed by atoms with Gasteiger partial charge >= 0.3 is 0 Å². The molecule has 0 saturated carbocycles. The normalized spacial score (nSPS) is 15.9. The maximum absolute atomic E-state index is 12.9. The van der Waals surface area contributed by atoms with E-state index in [0.29, 0.717) is 25.4 Å². The average Bonchev–Trinajstić information content (AvgIpc) is 2.75. The number of sulfonamides is 1. The number of ether oxygens (including phenoxy) is 1. The number of amides is 1. The first kappa shape index (κ1) is 21.1. The molecule has 0 spiro atoms. The Morgan fingerprint density at radius 1 is 1.00 bits per heavy atom.